The lowest BCUT2D eigenvalue weighted by atomic mass is 9.76. The number of hydrogen-bond donors (Lipinski definition) is 0. The van der Waals surface area contributed by atoms with E-state index < -0.39 is 11.9 Å². The Morgan fingerprint density at radius 2 is 2.07 bits per heavy atom. The van der Waals surface area contributed by atoms with Gasteiger partial charge in [-0.3, -0.25) is 9.59 Å². The molecule has 0 radical (unpaired) electrons. The normalized spacial score (nSPS) is 19.9. The number of carbonyl (C=O) groups is 2. The molecule has 0 amide bonds. The fourth-order valence-electron chi connectivity index (χ4n) is 3.69. The maximum absolute atomic E-state index is 14.6. The number of halogens is 1. The van der Waals surface area contributed by atoms with Gasteiger partial charge in [0.25, 0.3) is 0 Å². The van der Waals surface area contributed by atoms with Crippen molar-refractivity contribution >= 4 is 22.5 Å². The highest BCUT2D eigenvalue weighted by Crippen LogP contribution is 2.40. The zero-order valence-corrected chi connectivity index (χ0v) is 15.5. The molecule has 2 unspecified atom stereocenters. The molecule has 0 spiro atoms. The Kier molecular flexibility index (Phi) is 6.06. The van der Waals surface area contributed by atoms with Crippen LogP contribution in [0.4, 0.5) is 4.39 Å². The van der Waals surface area contributed by atoms with Gasteiger partial charge in [0.2, 0.25) is 0 Å². The van der Waals surface area contributed by atoms with Gasteiger partial charge in [0, 0.05) is 18.9 Å². The number of Topliss-reactive ketones (excluding diaryl/α,β-unsaturated/α-hetero) is 1. The maximum atomic E-state index is 14.6. The summed E-state index contributed by atoms with van der Waals surface area (Å²) in [5, 5.41) is 1.20. The summed E-state index contributed by atoms with van der Waals surface area (Å²) in [6.07, 6.45) is 1.19. The Labute approximate surface area is 157 Å². The van der Waals surface area contributed by atoms with Crippen molar-refractivity contribution in [1.29, 1.82) is 0 Å². The van der Waals surface area contributed by atoms with Crippen molar-refractivity contribution in [3.8, 4) is 5.75 Å². The van der Waals surface area contributed by atoms with Crippen molar-refractivity contribution in [2.24, 2.45) is 5.92 Å². The van der Waals surface area contributed by atoms with Crippen LogP contribution in [0.15, 0.2) is 30.3 Å². The van der Waals surface area contributed by atoms with Crippen molar-refractivity contribution in [3.63, 3.8) is 0 Å². The second-order valence-electron chi connectivity index (χ2n) is 6.65. The van der Waals surface area contributed by atoms with Crippen LogP contribution >= 0.6 is 0 Å². The molecule has 0 saturated heterocycles. The fraction of sp³-hybridized carbons (Fsp3) is 0.429. The first kappa shape index (κ1) is 19.3. The SMILES string of the molecule is CCOC(=O)C1CCC(c2cc(OCOC)cc3cccc(F)c23)CC1=O. The molecule has 144 valence electrons. The zero-order valence-electron chi connectivity index (χ0n) is 15.5. The van der Waals surface area contributed by atoms with E-state index in [-0.39, 0.29) is 37.3 Å². The highest BCUT2D eigenvalue weighted by Gasteiger charge is 2.36. The quantitative estimate of drug-likeness (QED) is 0.435. The number of rotatable bonds is 6. The Morgan fingerprint density at radius 3 is 2.78 bits per heavy atom. The van der Waals surface area contributed by atoms with E-state index in [0.717, 1.165) is 5.56 Å². The summed E-state index contributed by atoms with van der Waals surface area (Å²) in [5.74, 6) is -1.28. The molecule has 0 aliphatic heterocycles. The molecule has 0 aromatic heterocycles. The Balaban J connectivity index is 1.94. The van der Waals surface area contributed by atoms with E-state index in [9.17, 15) is 14.0 Å². The molecule has 0 heterocycles. The lowest BCUT2D eigenvalue weighted by Gasteiger charge is -2.27. The number of ketones is 1. The monoisotopic (exact) mass is 374 g/mol. The van der Waals surface area contributed by atoms with Crippen LogP contribution in [-0.2, 0) is 19.1 Å². The number of esters is 1. The van der Waals surface area contributed by atoms with E-state index >= 15 is 0 Å². The summed E-state index contributed by atoms with van der Waals surface area (Å²) in [7, 11) is 1.52. The van der Waals surface area contributed by atoms with E-state index in [1.165, 1.54) is 13.2 Å². The third-order valence-corrected chi connectivity index (χ3v) is 4.92. The molecule has 1 saturated carbocycles. The summed E-state index contributed by atoms with van der Waals surface area (Å²) in [6, 6.07) is 8.39. The maximum Gasteiger partial charge on any atom is 0.316 e. The molecule has 1 aliphatic rings. The van der Waals surface area contributed by atoms with Crippen molar-refractivity contribution in [2.75, 3.05) is 20.5 Å². The van der Waals surface area contributed by atoms with Crippen LogP contribution in [0.2, 0.25) is 0 Å². The molecule has 2 aromatic rings. The highest BCUT2D eigenvalue weighted by atomic mass is 19.1. The molecule has 0 bridgehead atoms. The van der Waals surface area contributed by atoms with Gasteiger partial charge in [-0.05, 0) is 54.8 Å². The zero-order chi connectivity index (χ0) is 19.4. The molecular weight excluding hydrogens is 351 g/mol. The largest absolute Gasteiger partial charge is 0.468 e. The first-order chi connectivity index (χ1) is 13.0. The smallest absolute Gasteiger partial charge is 0.316 e. The van der Waals surface area contributed by atoms with Gasteiger partial charge in [-0.25, -0.2) is 4.39 Å². The van der Waals surface area contributed by atoms with E-state index in [1.807, 2.05) is 6.07 Å². The van der Waals surface area contributed by atoms with Crippen LogP contribution in [0.1, 0.15) is 37.7 Å². The van der Waals surface area contributed by atoms with Gasteiger partial charge in [-0.1, -0.05) is 12.1 Å². The second-order valence-corrected chi connectivity index (χ2v) is 6.65. The molecule has 2 aromatic carbocycles. The third-order valence-electron chi connectivity index (χ3n) is 4.92. The molecule has 1 fully saturated rings. The topological polar surface area (TPSA) is 61.8 Å². The molecule has 0 N–H and O–H groups in total. The van der Waals surface area contributed by atoms with Gasteiger partial charge < -0.3 is 14.2 Å². The Hall–Kier alpha value is -2.47. The molecule has 6 heteroatoms. The van der Waals surface area contributed by atoms with Crippen LogP contribution in [0, 0.1) is 11.7 Å². The number of fused-ring (bicyclic) bond motifs is 1. The minimum Gasteiger partial charge on any atom is -0.468 e. The van der Waals surface area contributed by atoms with E-state index in [4.69, 9.17) is 14.2 Å². The molecule has 2 atom stereocenters. The molecular formula is C21H23FO5. The standard InChI is InChI=1S/C21H23FO5/c1-3-26-21(24)16-8-7-13(10-19(16)23)17-11-15(27-12-25-2)9-14-5-4-6-18(22)20(14)17/h4-6,9,11,13,16H,3,7-8,10,12H2,1-2H3. The van der Waals surface area contributed by atoms with Crippen molar-refractivity contribution in [3.05, 3.63) is 41.7 Å². The summed E-state index contributed by atoms with van der Waals surface area (Å²) in [5.41, 5.74) is 0.729. The first-order valence-corrected chi connectivity index (χ1v) is 9.08. The van der Waals surface area contributed by atoms with Crippen LogP contribution in [0.3, 0.4) is 0 Å². The number of benzene rings is 2. The van der Waals surface area contributed by atoms with Crippen LogP contribution in [-0.4, -0.2) is 32.3 Å². The molecule has 27 heavy (non-hydrogen) atoms. The third kappa shape index (κ3) is 4.11. The lowest BCUT2D eigenvalue weighted by molar-refractivity contribution is -0.152. The second kappa shape index (κ2) is 8.48. The van der Waals surface area contributed by atoms with Gasteiger partial charge in [-0.2, -0.15) is 0 Å². The minimum absolute atomic E-state index is 0.0782. The van der Waals surface area contributed by atoms with Crippen molar-refractivity contribution in [2.45, 2.75) is 32.1 Å². The molecule has 5 nitrogen and oxygen atoms in total. The Morgan fingerprint density at radius 1 is 1.26 bits per heavy atom. The predicted molar refractivity (Wildman–Crippen MR) is 98.1 cm³/mol. The van der Waals surface area contributed by atoms with Crippen LogP contribution in [0.25, 0.3) is 10.8 Å². The van der Waals surface area contributed by atoms with E-state index in [2.05, 4.69) is 0 Å². The van der Waals surface area contributed by atoms with Gasteiger partial charge in [0.05, 0.1) is 6.61 Å². The van der Waals surface area contributed by atoms with Gasteiger partial charge in [0.1, 0.15) is 23.3 Å². The van der Waals surface area contributed by atoms with Gasteiger partial charge in [-0.15, -0.1) is 0 Å². The number of hydrogen-bond acceptors (Lipinski definition) is 5. The molecule has 3 rings (SSSR count). The highest BCUT2D eigenvalue weighted by molar-refractivity contribution is 6.00. The lowest BCUT2D eigenvalue weighted by Crippen LogP contribution is -2.31. The molecule has 1 aliphatic carbocycles. The van der Waals surface area contributed by atoms with Gasteiger partial charge in [0.15, 0.2) is 6.79 Å². The fourth-order valence-corrected chi connectivity index (χ4v) is 3.69. The van der Waals surface area contributed by atoms with Crippen molar-refractivity contribution < 1.29 is 28.2 Å². The van der Waals surface area contributed by atoms with E-state index in [0.29, 0.717) is 29.4 Å². The number of ether oxygens (including phenoxy) is 3. The summed E-state index contributed by atoms with van der Waals surface area (Å²) >= 11 is 0. The predicted octanol–water partition coefficient (Wildman–Crippen LogP) is 3.98. The average molecular weight is 374 g/mol. The first-order valence-electron chi connectivity index (χ1n) is 9.08. The summed E-state index contributed by atoms with van der Waals surface area (Å²) < 4.78 is 30.0. The van der Waals surface area contributed by atoms with Crippen molar-refractivity contribution in [1.82, 2.24) is 0 Å². The van der Waals surface area contributed by atoms with Crippen LogP contribution < -0.4 is 4.74 Å². The Bertz CT molecular complexity index is 848. The number of methoxy groups -OCH3 is 1. The van der Waals surface area contributed by atoms with Crippen LogP contribution in [0.5, 0.6) is 5.75 Å². The van der Waals surface area contributed by atoms with Gasteiger partial charge >= 0.3 is 5.97 Å². The number of carbonyl (C=O) groups excluding carboxylic acids is 2. The average Bonchev–Trinajstić information content (AvgIpc) is 2.66. The summed E-state index contributed by atoms with van der Waals surface area (Å²) in [4.78, 5) is 24.5. The van der Waals surface area contributed by atoms with E-state index in [1.54, 1.807) is 25.1 Å². The minimum atomic E-state index is -0.717. The summed E-state index contributed by atoms with van der Waals surface area (Å²) in [6.45, 7) is 2.05.